The molecule has 6 nitrogen and oxygen atoms in total. The summed E-state index contributed by atoms with van der Waals surface area (Å²) in [5, 5.41) is 13.6. The third-order valence-corrected chi connectivity index (χ3v) is 5.07. The number of amides is 1. The van der Waals surface area contributed by atoms with Crippen LogP contribution in [0, 0.1) is 12.8 Å². The molecule has 1 amide bonds. The van der Waals surface area contributed by atoms with E-state index < -0.39 is 12.0 Å². The Kier molecular flexibility index (Phi) is 3.47. The van der Waals surface area contributed by atoms with E-state index in [1.165, 1.54) is 0 Å². The molecule has 0 radical (unpaired) electrons. The zero-order valence-electron chi connectivity index (χ0n) is 12.5. The third kappa shape index (κ3) is 2.22. The van der Waals surface area contributed by atoms with Crippen LogP contribution in [0.25, 0.3) is 0 Å². The van der Waals surface area contributed by atoms with E-state index in [9.17, 15) is 14.7 Å². The Balaban J connectivity index is 1.94. The van der Waals surface area contributed by atoms with Gasteiger partial charge >= 0.3 is 5.97 Å². The molecule has 6 heteroatoms. The van der Waals surface area contributed by atoms with Crippen LogP contribution in [0.1, 0.15) is 48.2 Å². The Morgan fingerprint density at radius 2 is 2.05 bits per heavy atom. The Bertz CT molecular complexity index is 581. The molecule has 3 unspecified atom stereocenters. The second-order valence-electron chi connectivity index (χ2n) is 6.18. The molecular weight excluding hydrogens is 270 g/mol. The largest absolute Gasteiger partial charge is 0.480 e. The summed E-state index contributed by atoms with van der Waals surface area (Å²) >= 11 is 0. The molecule has 1 N–H and O–H groups in total. The molecule has 2 aliphatic rings. The molecule has 1 saturated heterocycles. The average Bonchev–Trinajstić information content (AvgIpc) is 3.00. The summed E-state index contributed by atoms with van der Waals surface area (Å²) in [6.07, 6.45) is 6.30. The molecule has 3 rings (SSSR count). The molecule has 1 saturated carbocycles. The molecule has 2 heterocycles. The number of rotatable bonds is 2. The topological polar surface area (TPSA) is 75.4 Å². The number of carbonyl (C=O) groups is 2. The number of carboxylic acids is 1. The van der Waals surface area contributed by atoms with Gasteiger partial charge in [0.2, 0.25) is 0 Å². The smallest absolute Gasteiger partial charge is 0.326 e. The Morgan fingerprint density at radius 1 is 1.33 bits per heavy atom. The summed E-state index contributed by atoms with van der Waals surface area (Å²) in [7, 11) is 1.79. The summed E-state index contributed by atoms with van der Waals surface area (Å²) in [5.74, 6) is -0.734. The van der Waals surface area contributed by atoms with Gasteiger partial charge in [-0.3, -0.25) is 9.48 Å². The van der Waals surface area contributed by atoms with Crippen LogP contribution in [0.3, 0.4) is 0 Å². The number of fused-ring (bicyclic) bond motifs is 1. The van der Waals surface area contributed by atoms with E-state index in [2.05, 4.69) is 5.10 Å². The second kappa shape index (κ2) is 5.16. The first-order valence-electron chi connectivity index (χ1n) is 7.54. The lowest BCUT2D eigenvalue weighted by Gasteiger charge is -2.32. The van der Waals surface area contributed by atoms with Crippen LogP contribution in [0.5, 0.6) is 0 Å². The van der Waals surface area contributed by atoms with Gasteiger partial charge in [-0.1, -0.05) is 12.8 Å². The molecule has 114 valence electrons. The van der Waals surface area contributed by atoms with Crippen LogP contribution < -0.4 is 0 Å². The molecular formula is C15H21N3O3. The molecule has 1 aromatic heterocycles. The van der Waals surface area contributed by atoms with Gasteiger partial charge in [0.15, 0.2) is 0 Å². The fraction of sp³-hybridized carbons (Fsp3) is 0.667. The lowest BCUT2D eigenvalue weighted by Crippen LogP contribution is -2.46. The zero-order valence-corrected chi connectivity index (χ0v) is 12.5. The second-order valence-corrected chi connectivity index (χ2v) is 6.18. The van der Waals surface area contributed by atoms with Crippen molar-refractivity contribution in [3.05, 3.63) is 17.5 Å². The molecule has 1 aliphatic carbocycles. The summed E-state index contributed by atoms with van der Waals surface area (Å²) < 4.78 is 1.65. The minimum atomic E-state index is -0.890. The maximum absolute atomic E-state index is 12.9. The number of hydrogen-bond donors (Lipinski definition) is 1. The van der Waals surface area contributed by atoms with Crippen molar-refractivity contribution in [2.24, 2.45) is 13.0 Å². The van der Waals surface area contributed by atoms with Crippen molar-refractivity contribution in [3.63, 3.8) is 0 Å². The first kappa shape index (κ1) is 14.1. The summed E-state index contributed by atoms with van der Waals surface area (Å²) in [4.78, 5) is 26.0. The number of aromatic nitrogens is 2. The maximum Gasteiger partial charge on any atom is 0.326 e. The van der Waals surface area contributed by atoms with Gasteiger partial charge in [-0.15, -0.1) is 0 Å². The molecule has 0 aromatic carbocycles. The molecule has 2 fully saturated rings. The summed E-state index contributed by atoms with van der Waals surface area (Å²) in [6.45, 7) is 1.84. The predicted molar refractivity (Wildman–Crippen MR) is 75.9 cm³/mol. The van der Waals surface area contributed by atoms with E-state index in [-0.39, 0.29) is 11.9 Å². The number of likely N-dealkylation sites (tertiary alicyclic amines) is 1. The number of hydrogen-bond acceptors (Lipinski definition) is 3. The zero-order chi connectivity index (χ0) is 15.1. The monoisotopic (exact) mass is 291 g/mol. The predicted octanol–water partition coefficient (Wildman–Crippen LogP) is 1.59. The standard InChI is InChI=1S/C15H21N3O3/c1-9-11(8-16-17(9)2)14(19)18-12-6-4-3-5-10(12)7-13(18)15(20)21/h8,10,12-13H,3-7H2,1-2H3,(H,20,21). The van der Waals surface area contributed by atoms with Gasteiger partial charge in [0.25, 0.3) is 5.91 Å². The fourth-order valence-corrected chi connectivity index (χ4v) is 3.82. The fourth-order valence-electron chi connectivity index (χ4n) is 3.82. The van der Waals surface area contributed by atoms with Crippen LogP contribution in [-0.2, 0) is 11.8 Å². The number of aryl methyl sites for hydroxylation is 1. The molecule has 0 bridgehead atoms. The van der Waals surface area contributed by atoms with Crippen LogP contribution in [0.15, 0.2) is 6.20 Å². The average molecular weight is 291 g/mol. The van der Waals surface area contributed by atoms with E-state index in [4.69, 9.17) is 0 Å². The van der Waals surface area contributed by atoms with Crippen LogP contribution in [0.2, 0.25) is 0 Å². The minimum Gasteiger partial charge on any atom is -0.480 e. The minimum absolute atomic E-state index is 0.0759. The van der Waals surface area contributed by atoms with Crippen molar-refractivity contribution in [1.29, 1.82) is 0 Å². The van der Waals surface area contributed by atoms with Crippen molar-refractivity contribution < 1.29 is 14.7 Å². The molecule has 0 spiro atoms. The summed E-state index contributed by atoms with van der Waals surface area (Å²) in [5.41, 5.74) is 1.30. The van der Waals surface area contributed by atoms with Gasteiger partial charge in [-0.2, -0.15) is 5.10 Å². The molecule has 1 aliphatic heterocycles. The normalized spacial score (nSPS) is 28.5. The number of aliphatic carboxylic acids is 1. The van der Waals surface area contributed by atoms with Crippen molar-refractivity contribution >= 4 is 11.9 Å². The van der Waals surface area contributed by atoms with Gasteiger partial charge in [-0.25, -0.2) is 4.79 Å². The number of nitrogens with zero attached hydrogens (tertiary/aromatic N) is 3. The van der Waals surface area contributed by atoms with Crippen molar-refractivity contribution in [2.45, 2.75) is 51.1 Å². The highest BCUT2D eigenvalue weighted by molar-refractivity contribution is 5.98. The van der Waals surface area contributed by atoms with E-state index in [1.807, 2.05) is 6.92 Å². The Morgan fingerprint density at radius 3 is 2.67 bits per heavy atom. The lowest BCUT2D eigenvalue weighted by molar-refractivity contribution is -0.141. The quantitative estimate of drug-likeness (QED) is 0.897. The molecule has 3 atom stereocenters. The highest BCUT2D eigenvalue weighted by Crippen LogP contribution is 2.40. The van der Waals surface area contributed by atoms with Crippen molar-refractivity contribution in [1.82, 2.24) is 14.7 Å². The number of carboxylic acid groups (broad SMARTS) is 1. The maximum atomic E-state index is 12.9. The van der Waals surface area contributed by atoms with E-state index in [0.29, 0.717) is 17.9 Å². The van der Waals surface area contributed by atoms with Crippen LogP contribution in [-0.4, -0.2) is 43.7 Å². The van der Waals surface area contributed by atoms with Gasteiger partial charge in [-0.05, 0) is 32.1 Å². The van der Waals surface area contributed by atoms with E-state index >= 15 is 0 Å². The first-order valence-corrected chi connectivity index (χ1v) is 7.54. The van der Waals surface area contributed by atoms with Crippen molar-refractivity contribution in [3.8, 4) is 0 Å². The van der Waals surface area contributed by atoms with Crippen molar-refractivity contribution in [2.75, 3.05) is 0 Å². The highest BCUT2D eigenvalue weighted by atomic mass is 16.4. The van der Waals surface area contributed by atoms with Crippen LogP contribution >= 0.6 is 0 Å². The number of carbonyl (C=O) groups excluding carboxylic acids is 1. The highest BCUT2D eigenvalue weighted by Gasteiger charge is 2.48. The van der Waals surface area contributed by atoms with E-state index in [0.717, 1.165) is 31.4 Å². The summed E-state index contributed by atoms with van der Waals surface area (Å²) in [6, 6.07) is -0.614. The van der Waals surface area contributed by atoms with Gasteiger partial charge < -0.3 is 10.0 Å². The van der Waals surface area contributed by atoms with Gasteiger partial charge in [0, 0.05) is 18.8 Å². The Hall–Kier alpha value is -1.85. The van der Waals surface area contributed by atoms with E-state index in [1.54, 1.807) is 22.8 Å². The lowest BCUT2D eigenvalue weighted by atomic mass is 9.84. The molecule has 21 heavy (non-hydrogen) atoms. The van der Waals surface area contributed by atoms with Gasteiger partial charge in [0.05, 0.1) is 11.8 Å². The van der Waals surface area contributed by atoms with Crippen LogP contribution in [0.4, 0.5) is 0 Å². The third-order valence-electron chi connectivity index (χ3n) is 5.07. The Labute approximate surface area is 123 Å². The molecule has 1 aromatic rings. The SMILES string of the molecule is Cc1c(C(=O)N2C(C(=O)O)CC3CCCCC32)cnn1C. The first-order chi connectivity index (χ1) is 10.0. The van der Waals surface area contributed by atoms with Gasteiger partial charge in [0.1, 0.15) is 6.04 Å².